The van der Waals surface area contributed by atoms with Gasteiger partial charge in [0, 0.05) is 7.05 Å². The zero-order chi connectivity index (χ0) is 11.3. The van der Waals surface area contributed by atoms with E-state index in [0.29, 0.717) is 0 Å². The number of rotatable bonds is 3. The molecule has 0 heterocycles. The van der Waals surface area contributed by atoms with Crippen molar-refractivity contribution in [1.82, 2.24) is 0 Å². The molecule has 0 atom stereocenters. The maximum atomic E-state index is 6.06. The average Bonchev–Trinajstić information content (AvgIpc) is 2.23. The van der Waals surface area contributed by atoms with Gasteiger partial charge in [-0.15, -0.1) is 0 Å². The molecule has 0 saturated carbocycles. The van der Waals surface area contributed by atoms with Crippen molar-refractivity contribution in [2.45, 2.75) is 13.8 Å². The number of hydrogen-bond acceptors (Lipinski definition) is 2. The molecular formula is C13H18N2. The Hall–Kier alpha value is -1.70. The predicted octanol–water partition coefficient (Wildman–Crippen LogP) is 3.38. The van der Waals surface area contributed by atoms with Gasteiger partial charge in [0.1, 0.15) is 0 Å². The molecule has 1 aromatic carbocycles. The predicted molar refractivity (Wildman–Crippen MR) is 69.8 cm³/mol. The molecule has 80 valence electrons. The lowest BCUT2D eigenvalue weighted by atomic mass is 10.1. The van der Waals surface area contributed by atoms with E-state index in [4.69, 9.17) is 5.73 Å². The molecule has 0 amide bonds. The number of anilines is 2. The van der Waals surface area contributed by atoms with Gasteiger partial charge in [-0.05, 0) is 25.0 Å². The molecule has 1 rings (SSSR count). The van der Waals surface area contributed by atoms with Gasteiger partial charge in [-0.2, -0.15) is 0 Å². The summed E-state index contributed by atoms with van der Waals surface area (Å²) >= 11 is 0. The molecule has 2 heteroatoms. The topological polar surface area (TPSA) is 38.0 Å². The van der Waals surface area contributed by atoms with Gasteiger partial charge in [-0.1, -0.05) is 36.4 Å². The first-order valence-corrected chi connectivity index (χ1v) is 5.10. The Kier molecular flexibility index (Phi) is 3.98. The molecule has 0 aliphatic rings. The Morgan fingerprint density at radius 1 is 1.07 bits per heavy atom. The summed E-state index contributed by atoms with van der Waals surface area (Å²) in [4.78, 5) is 0. The fourth-order valence-electron chi connectivity index (χ4n) is 1.57. The van der Waals surface area contributed by atoms with Gasteiger partial charge in [-0.3, -0.25) is 0 Å². The largest absolute Gasteiger partial charge is 0.397 e. The fourth-order valence-corrected chi connectivity index (χ4v) is 1.57. The van der Waals surface area contributed by atoms with Crippen LogP contribution in [0, 0.1) is 0 Å². The number of nitrogens with one attached hydrogen (secondary N) is 1. The van der Waals surface area contributed by atoms with Crippen LogP contribution in [0.15, 0.2) is 24.3 Å². The van der Waals surface area contributed by atoms with Crippen molar-refractivity contribution in [3.05, 3.63) is 35.4 Å². The molecule has 0 aromatic heterocycles. The van der Waals surface area contributed by atoms with Crippen LogP contribution in [0.25, 0.3) is 12.2 Å². The minimum absolute atomic E-state index is 0.797. The summed E-state index contributed by atoms with van der Waals surface area (Å²) < 4.78 is 0. The van der Waals surface area contributed by atoms with Crippen LogP contribution >= 0.6 is 0 Å². The molecule has 0 bridgehead atoms. The second kappa shape index (κ2) is 5.25. The van der Waals surface area contributed by atoms with Gasteiger partial charge in [0.15, 0.2) is 0 Å². The highest BCUT2D eigenvalue weighted by Crippen LogP contribution is 2.29. The Balaban J connectivity index is 3.31. The first-order chi connectivity index (χ1) is 7.24. The van der Waals surface area contributed by atoms with Gasteiger partial charge >= 0.3 is 0 Å². The summed E-state index contributed by atoms with van der Waals surface area (Å²) in [7, 11) is 1.89. The standard InChI is InChI=1S/C13H18N2/c1-4-6-10-8-9-11(7-5-2)13(15-3)12(10)14/h4-9,15H,14H2,1-3H3/b6-4-,7-5-. The van der Waals surface area contributed by atoms with Crippen LogP contribution in [0.4, 0.5) is 11.4 Å². The first kappa shape index (κ1) is 11.4. The van der Waals surface area contributed by atoms with Crippen molar-refractivity contribution >= 4 is 23.5 Å². The molecular weight excluding hydrogens is 184 g/mol. The summed E-state index contributed by atoms with van der Waals surface area (Å²) in [5.41, 5.74) is 10.0. The van der Waals surface area contributed by atoms with Crippen LogP contribution in [0.5, 0.6) is 0 Å². The lowest BCUT2D eigenvalue weighted by molar-refractivity contribution is 1.48. The summed E-state index contributed by atoms with van der Waals surface area (Å²) in [6, 6.07) is 4.10. The smallest absolute Gasteiger partial charge is 0.0650 e. The Bertz CT molecular complexity index is 390. The quantitative estimate of drug-likeness (QED) is 0.737. The second-order valence-electron chi connectivity index (χ2n) is 3.28. The van der Waals surface area contributed by atoms with Crippen molar-refractivity contribution < 1.29 is 0 Å². The third kappa shape index (κ3) is 2.40. The van der Waals surface area contributed by atoms with Gasteiger partial charge in [-0.25, -0.2) is 0 Å². The molecule has 0 aliphatic heterocycles. The number of allylic oxidation sites excluding steroid dienone is 2. The lowest BCUT2D eigenvalue weighted by Crippen LogP contribution is -2.00. The van der Waals surface area contributed by atoms with E-state index in [1.807, 2.05) is 51.3 Å². The minimum atomic E-state index is 0.797. The van der Waals surface area contributed by atoms with E-state index in [1.54, 1.807) is 0 Å². The molecule has 0 aliphatic carbocycles. The highest BCUT2D eigenvalue weighted by molar-refractivity contribution is 5.84. The van der Waals surface area contributed by atoms with Crippen molar-refractivity contribution in [1.29, 1.82) is 0 Å². The van der Waals surface area contributed by atoms with E-state index in [9.17, 15) is 0 Å². The highest BCUT2D eigenvalue weighted by atomic mass is 14.9. The Morgan fingerprint density at radius 2 is 1.60 bits per heavy atom. The van der Waals surface area contributed by atoms with Crippen molar-refractivity contribution in [2.24, 2.45) is 0 Å². The summed E-state index contributed by atoms with van der Waals surface area (Å²) in [5.74, 6) is 0. The zero-order valence-corrected chi connectivity index (χ0v) is 9.54. The number of nitrogen functional groups attached to an aromatic ring is 1. The zero-order valence-electron chi connectivity index (χ0n) is 9.54. The monoisotopic (exact) mass is 202 g/mol. The molecule has 0 radical (unpaired) electrons. The molecule has 0 fully saturated rings. The molecule has 0 saturated heterocycles. The van der Waals surface area contributed by atoms with E-state index >= 15 is 0 Å². The lowest BCUT2D eigenvalue weighted by Gasteiger charge is -2.11. The van der Waals surface area contributed by atoms with Crippen LogP contribution in [-0.2, 0) is 0 Å². The van der Waals surface area contributed by atoms with Gasteiger partial charge in [0.05, 0.1) is 11.4 Å². The van der Waals surface area contributed by atoms with E-state index < -0.39 is 0 Å². The number of benzene rings is 1. The van der Waals surface area contributed by atoms with E-state index in [0.717, 1.165) is 22.5 Å². The maximum Gasteiger partial charge on any atom is 0.0650 e. The normalized spacial score (nSPS) is 11.4. The summed E-state index contributed by atoms with van der Waals surface area (Å²) in [5, 5.41) is 3.14. The van der Waals surface area contributed by atoms with E-state index in [1.165, 1.54) is 0 Å². The molecule has 2 nitrogen and oxygen atoms in total. The van der Waals surface area contributed by atoms with Crippen molar-refractivity contribution in [3.8, 4) is 0 Å². The molecule has 1 aromatic rings. The van der Waals surface area contributed by atoms with Crippen LogP contribution in [0.1, 0.15) is 25.0 Å². The summed E-state index contributed by atoms with van der Waals surface area (Å²) in [6.07, 6.45) is 8.04. The number of nitrogens with two attached hydrogens (primary N) is 1. The van der Waals surface area contributed by atoms with Gasteiger partial charge in [0.2, 0.25) is 0 Å². The third-order valence-electron chi connectivity index (χ3n) is 2.25. The van der Waals surface area contributed by atoms with Crippen molar-refractivity contribution in [3.63, 3.8) is 0 Å². The van der Waals surface area contributed by atoms with Crippen molar-refractivity contribution in [2.75, 3.05) is 18.1 Å². The van der Waals surface area contributed by atoms with E-state index in [2.05, 4.69) is 11.4 Å². The highest BCUT2D eigenvalue weighted by Gasteiger charge is 2.05. The SMILES string of the molecule is C/C=C\c1ccc(/C=C\C)c(NC)c1N. The Morgan fingerprint density at radius 3 is 2.13 bits per heavy atom. The molecule has 15 heavy (non-hydrogen) atoms. The minimum Gasteiger partial charge on any atom is -0.397 e. The van der Waals surface area contributed by atoms with Crippen LogP contribution in [0.2, 0.25) is 0 Å². The maximum absolute atomic E-state index is 6.06. The molecule has 0 unspecified atom stereocenters. The number of hydrogen-bond donors (Lipinski definition) is 2. The average molecular weight is 202 g/mol. The third-order valence-corrected chi connectivity index (χ3v) is 2.25. The van der Waals surface area contributed by atoms with Gasteiger partial charge in [0.25, 0.3) is 0 Å². The van der Waals surface area contributed by atoms with E-state index in [-0.39, 0.29) is 0 Å². The van der Waals surface area contributed by atoms with Crippen LogP contribution in [0.3, 0.4) is 0 Å². The molecule has 0 spiro atoms. The Labute approximate surface area is 91.5 Å². The first-order valence-electron chi connectivity index (χ1n) is 5.10. The second-order valence-corrected chi connectivity index (χ2v) is 3.28. The van der Waals surface area contributed by atoms with Crippen LogP contribution < -0.4 is 11.1 Å². The van der Waals surface area contributed by atoms with Gasteiger partial charge < -0.3 is 11.1 Å². The molecule has 3 N–H and O–H groups in total. The van der Waals surface area contributed by atoms with Crippen LogP contribution in [-0.4, -0.2) is 7.05 Å². The summed E-state index contributed by atoms with van der Waals surface area (Å²) in [6.45, 7) is 3.98. The fraction of sp³-hybridized carbons (Fsp3) is 0.231.